The number of hydrogen-bond donors (Lipinski definition) is 2. The van der Waals surface area contributed by atoms with Crippen LogP contribution in [-0.2, 0) is 27.2 Å². The van der Waals surface area contributed by atoms with Gasteiger partial charge in [-0.1, -0.05) is 54.6 Å². The van der Waals surface area contributed by atoms with E-state index in [0.29, 0.717) is 18.1 Å². The summed E-state index contributed by atoms with van der Waals surface area (Å²) < 4.78 is 65.9. The van der Waals surface area contributed by atoms with Gasteiger partial charge in [-0.15, -0.1) is 0 Å². The molecule has 0 aliphatic rings. The summed E-state index contributed by atoms with van der Waals surface area (Å²) in [5.74, 6) is -2.20. The molecule has 1 unspecified atom stereocenters. The lowest BCUT2D eigenvalue weighted by molar-refractivity contribution is -0.137. The number of halogens is 3. The maximum Gasteiger partial charge on any atom is 0.407 e. The molecular formula is C25H21F3N2O4S. The highest BCUT2D eigenvalue weighted by Gasteiger charge is 2.38. The third kappa shape index (κ3) is 6.26. The van der Waals surface area contributed by atoms with Crippen molar-refractivity contribution in [1.29, 1.82) is 0 Å². The number of benzene rings is 3. The fourth-order valence-corrected chi connectivity index (χ4v) is 5.34. The molecule has 0 heterocycles. The Labute approximate surface area is 200 Å². The first kappa shape index (κ1) is 25.9. The molecule has 1 atom stereocenters. The molecule has 2 N–H and O–H groups in total. The standard InChI is InChI=1S/C25H21F3N2O4S/c1-24(32,23(31)30-19-12-13-21(29-2)20(15-19)25(26,27)28)16-35(33,34)22-11-7-6-10-18(22)14-17-8-4-3-5-9-17/h3-13,15,32H,14,16H2,1H3,(H,30,31). The molecule has 0 aliphatic heterocycles. The molecule has 0 radical (unpaired) electrons. The smallest absolute Gasteiger partial charge is 0.379 e. The minimum Gasteiger partial charge on any atom is -0.379 e. The Morgan fingerprint density at radius 2 is 1.66 bits per heavy atom. The van der Waals surface area contributed by atoms with E-state index in [1.807, 2.05) is 30.3 Å². The summed E-state index contributed by atoms with van der Waals surface area (Å²) in [6.45, 7) is 7.85. The predicted molar refractivity (Wildman–Crippen MR) is 125 cm³/mol. The monoisotopic (exact) mass is 502 g/mol. The van der Waals surface area contributed by atoms with Crippen molar-refractivity contribution in [2.75, 3.05) is 11.1 Å². The first-order valence-corrected chi connectivity index (χ1v) is 12.0. The molecule has 3 aromatic rings. The van der Waals surface area contributed by atoms with E-state index in [-0.39, 0.29) is 10.6 Å². The van der Waals surface area contributed by atoms with Gasteiger partial charge in [-0.3, -0.25) is 4.79 Å². The number of nitrogens with zero attached hydrogens (tertiary/aromatic N) is 1. The summed E-state index contributed by atoms with van der Waals surface area (Å²) in [6.07, 6.45) is -4.53. The number of hydrogen-bond acceptors (Lipinski definition) is 4. The van der Waals surface area contributed by atoms with E-state index in [1.54, 1.807) is 12.1 Å². The summed E-state index contributed by atoms with van der Waals surface area (Å²) in [7, 11) is -4.18. The average molecular weight is 503 g/mol. The number of amides is 1. The van der Waals surface area contributed by atoms with Crippen molar-refractivity contribution in [2.45, 2.75) is 30.0 Å². The molecule has 0 saturated heterocycles. The number of aliphatic hydroxyl groups is 1. The van der Waals surface area contributed by atoms with Crippen LogP contribution in [0.2, 0.25) is 0 Å². The van der Waals surface area contributed by atoms with Crippen molar-refractivity contribution in [3.8, 4) is 0 Å². The number of carbonyl (C=O) groups is 1. The fourth-order valence-electron chi connectivity index (χ4n) is 3.49. The highest BCUT2D eigenvalue weighted by atomic mass is 32.2. The van der Waals surface area contributed by atoms with Crippen molar-refractivity contribution in [1.82, 2.24) is 0 Å². The van der Waals surface area contributed by atoms with Gasteiger partial charge in [-0.2, -0.15) is 13.2 Å². The molecule has 10 heteroatoms. The second-order valence-electron chi connectivity index (χ2n) is 8.10. The molecule has 6 nitrogen and oxygen atoms in total. The van der Waals surface area contributed by atoms with Crippen LogP contribution in [0.5, 0.6) is 0 Å². The molecule has 3 rings (SSSR count). The Balaban J connectivity index is 1.84. The molecule has 182 valence electrons. The second kappa shape index (κ2) is 9.90. The van der Waals surface area contributed by atoms with E-state index in [9.17, 15) is 31.5 Å². The van der Waals surface area contributed by atoms with Crippen molar-refractivity contribution in [3.63, 3.8) is 0 Å². The lowest BCUT2D eigenvalue weighted by Gasteiger charge is -2.23. The molecule has 0 aromatic heterocycles. The summed E-state index contributed by atoms with van der Waals surface area (Å²) in [5.41, 5.74) is -3.37. The van der Waals surface area contributed by atoms with Gasteiger partial charge in [0.2, 0.25) is 0 Å². The average Bonchev–Trinajstić information content (AvgIpc) is 2.78. The minimum atomic E-state index is -4.84. The van der Waals surface area contributed by atoms with Crippen LogP contribution in [-0.4, -0.2) is 30.8 Å². The van der Waals surface area contributed by atoms with Gasteiger partial charge in [0.1, 0.15) is 0 Å². The fraction of sp³-hybridized carbons (Fsp3) is 0.200. The third-order valence-corrected chi connectivity index (χ3v) is 7.20. The highest BCUT2D eigenvalue weighted by molar-refractivity contribution is 7.91. The van der Waals surface area contributed by atoms with E-state index < -0.39 is 44.5 Å². The van der Waals surface area contributed by atoms with Gasteiger partial charge in [-0.05, 0) is 42.7 Å². The Hall–Kier alpha value is -3.68. The quantitative estimate of drug-likeness (QED) is 0.445. The molecule has 1 amide bonds. The normalized spacial score (nSPS) is 13.5. The van der Waals surface area contributed by atoms with Crippen LogP contribution in [0.4, 0.5) is 24.5 Å². The van der Waals surface area contributed by atoms with Crippen molar-refractivity contribution >= 4 is 27.1 Å². The van der Waals surface area contributed by atoms with Crippen LogP contribution in [0, 0.1) is 6.57 Å². The SMILES string of the molecule is [C-]#[N+]c1ccc(NC(=O)C(C)(O)CS(=O)(=O)c2ccccc2Cc2ccccc2)cc1C(F)(F)F. The summed E-state index contributed by atoms with van der Waals surface area (Å²) >= 11 is 0. The van der Waals surface area contributed by atoms with Gasteiger partial charge in [0.05, 0.1) is 22.8 Å². The first-order chi connectivity index (χ1) is 16.3. The predicted octanol–water partition coefficient (Wildman–Crippen LogP) is 5.01. The van der Waals surface area contributed by atoms with Gasteiger partial charge in [0.25, 0.3) is 5.91 Å². The van der Waals surface area contributed by atoms with Gasteiger partial charge in [0.15, 0.2) is 21.1 Å². The van der Waals surface area contributed by atoms with Crippen LogP contribution in [0.3, 0.4) is 0 Å². The van der Waals surface area contributed by atoms with Crippen LogP contribution in [0.15, 0.2) is 77.7 Å². The van der Waals surface area contributed by atoms with Gasteiger partial charge < -0.3 is 10.4 Å². The number of nitrogens with one attached hydrogen (secondary N) is 1. The highest BCUT2D eigenvalue weighted by Crippen LogP contribution is 2.38. The largest absolute Gasteiger partial charge is 0.407 e. The topological polar surface area (TPSA) is 87.8 Å². The lowest BCUT2D eigenvalue weighted by atomic mass is 10.1. The molecule has 0 spiro atoms. The number of carbonyl (C=O) groups excluding carboxylic acids is 1. The maximum atomic E-state index is 13.2. The van der Waals surface area contributed by atoms with Gasteiger partial charge in [-0.25, -0.2) is 13.3 Å². The van der Waals surface area contributed by atoms with E-state index in [4.69, 9.17) is 6.57 Å². The zero-order valence-corrected chi connectivity index (χ0v) is 19.3. The number of sulfone groups is 1. The van der Waals surface area contributed by atoms with Crippen LogP contribution in [0.25, 0.3) is 4.85 Å². The van der Waals surface area contributed by atoms with Crippen LogP contribution in [0.1, 0.15) is 23.6 Å². The Morgan fingerprint density at radius 1 is 1.03 bits per heavy atom. The third-order valence-electron chi connectivity index (χ3n) is 5.19. The zero-order valence-electron chi connectivity index (χ0n) is 18.5. The summed E-state index contributed by atoms with van der Waals surface area (Å²) in [5, 5.41) is 12.8. The Bertz CT molecular complexity index is 1380. The summed E-state index contributed by atoms with van der Waals surface area (Å²) in [4.78, 5) is 15.4. The molecule has 3 aromatic carbocycles. The van der Waals surface area contributed by atoms with E-state index in [1.165, 1.54) is 12.1 Å². The number of alkyl halides is 3. The minimum absolute atomic E-state index is 0.0577. The molecule has 0 saturated carbocycles. The lowest BCUT2D eigenvalue weighted by Crippen LogP contribution is -2.46. The Morgan fingerprint density at radius 3 is 2.29 bits per heavy atom. The van der Waals surface area contributed by atoms with Crippen LogP contribution < -0.4 is 5.32 Å². The van der Waals surface area contributed by atoms with Gasteiger partial charge >= 0.3 is 6.18 Å². The molecule has 35 heavy (non-hydrogen) atoms. The van der Waals surface area contributed by atoms with Gasteiger partial charge in [0, 0.05) is 5.69 Å². The maximum absolute atomic E-state index is 13.2. The first-order valence-electron chi connectivity index (χ1n) is 10.3. The molecular weight excluding hydrogens is 481 g/mol. The zero-order chi connectivity index (χ0) is 25.9. The van der Waals surface area contributed by atoms with Crippen molar-refractivity contribution in [2.24, 2.45) is 0 Å². The van der Waals surface area contributed by atoms with Crippen molar-refractivity contribution < 1.29 is 31.5 Å². The summed E-state index contributed by atoms with van der Waals surface area (Å²) in [6, 6.07) is 17.8. The van der Waals surface area contributed by atoms with E-state index >= 15 is 0 Å². The number of anilines is 1. The molecule has 0 aliphatic carbocycles. The number of rotatable bonds is 7. The van der Waals surface area contributed by atoms with Crippen LogP contribution >= 0.6 is 0 Å². The van der Waals surface area contributed by atoms with E-state index in [2.05, 4.69) is 10.2 Å². The van der Waals surface area contributed by atoms with E-state index in [0.717, 1.165) is 24.6 Å². The second-order valence-corrected chi connectivity index (χ2v) is 10.1. The molecule has 0 fully saturated rings. The van der Waals surface area contributed by atoms with Crippen molar-refractivity contribution in [3.05, 3.63) is 101 Å². The molecule has 0 bridgehead atoms. The Kier molecular flexibility index (Phi) is 7.33.